The van der Waals surface area contributed by atoms with Gasteiger partial charge >= 0.3 is 5.97 Å². The summed E-state index contributed by atoms with van der Waals surface area (Å²) in [6.07, 6.45) is 3.26. The Morgan fingerprint density at radius 3 is 2.62 bits per heavy atom. The van der Waals surface area contributed by atoms with E-state index in [-0.39, 0.29) is 17.2 Å². The van der Waals surface area contributed by atoms with Gasteiger partial charge in [-0.25, -0.2) is 4.79 Å². The molecule has 0 saturated carbocycles. The van der Waals surface area contributed by atoms with E-state index in [2.05, 4.69) is 15.6 Å². The van der Waals surface area contributed by atoms with Crippen molar-refractivity contribution in [2.24, 2.45) is 0 Å². The van der Waals surface area contributed by atoms with Crippen LogP contribution in [0.1, 0.15) is 51.0 Å². The summed E-state index contributed by atoms with van der Waals surface area (Å²) in [5.74, 6) is -1.34. The van der Waals surface area contributed by atoms with Crippen molar-refractivity contribution in [3.8, 4) is 0 Å². The summed E-state index contributed by atoms with van der Waals surface area (Å²) in [5, 5.41) is 5.41. The maximum atomic E-state index is 12.5. The number of esters is 1. The molecule has 1 aromatic heterocycles. The predicted molar refractivity (Wildman–Crippen MR) is 97.2 cm³/mol. The number of aromatic nitrogens is 1. The van der Waals surface area contributed by atoms with E-state index < -0.39 is 11.9 Å². The Morgan fingerprint density at radius 2 is 1.88 bits per heavy atom. The molecule has 26 heavy (non-hydrogen) atoms. The second kappa shape index (κ2) is 9.31. The number of nitrogens with one attached hydrogen (secondary N) is 2. The number of rotatable bonds is 7. The summed E-state index contributed by atoms with van der Waals surface area (Å²) in [5.41, 5.74) is 0.969. The summed E-state index contributed by atoms with van der Waals surface area (Å²) >= 11 is 0. The van der Waals surface area contributed by atoms with Crippen molar-refractivity contribution in [1.82, 2.24) is 10.3 Å². The minimum atomic E-state index is -0.557. The van der Waals surface area contributed by atoms with E-state index in [0.717, 1.165) is 12.8 Å². The Kier molecular flexibility index (Phi) is 6.84. The van der Waals surface area contributed by atoms with Crippen LogP contribution >= 0.6 is 0 Å². The van der Waals surface area contributed by atoms with Crippen LogP contribution in [0, 0.1) is 0 Å². The van der Waals surface area contributed by atoms with E-state index in [1.165, 1.54) is 19.4 Å². The Labute approximate surface area is 151 Å². The van der Waals surface area contributed by atoms with Gasteiger partial charge in [-0.3, -0.25) is 14.6 Å². The van der Waals surface area contributed by atoms with Gasteiger partial charge < -0.3 is 15.4 Å². The zero-order chi connectivity index (χ0) is 18.9. The molecule has 2 N–H and O–H groups in total. The molecule has 0 aliphatic heterocycles. The number of amides is 2. The molecule has 136 valence electrons. The van der Waals surface area contributed by atoms with E-state index in [4.69, 9.17) is 4.74 Å². The standard InChI is InChI=1S/C19H21N3O4/c1-3-4-10-21-17(23)13-9-11-20-16(12-13)18(24)22-15-8-6-5-7-14(15)19(25)26-2/h5-9,11-12H,3-4,10H2,1-2H3,(H,21,23)(H,22,24). The number of hydrogen-bond donors (Lipinski definition) is 2. The lowest BCUT2D eigenvalue weighted by Crippen LogP contribution is -2.25. The maximum absolute atomic E-state index is 12.5. The smallest absolute Gasteiger partial charge is 0.339 e. The van der Waals surface area contributed by atoms with Gasteiger partial charge in [0.2, 0.25) is 0 Å². The number of pyridine rings is 1. The van der Waals surface area contributed by atoms with Gasteiger partial charge in [-0.05, 0) is 30.7 Å². The Bertz CT molecular complexity index is 805. The quantitative estimate of drug-likeness (QED) is 0.588. The number of ether oxygens (including phenoxy) is 1. The fourth-order valence-corrected chi connectivity index (χ4v) is 2.24. The van der Waals surface area contributed by atoms with Crippen molar-refractivity contribution in [1.29, 1.82) is 0 Å². The van der Waals surface area contributed by atoms with E-state index in [9.17, 15) is 14.4 Å². The molecule has 1 heterocycles. The first-order valence-corrected chi connectivity index (χ1v) is 8.29. The molecule has 2 amide bonds. The molecular weight excluding hydrogens is 334 g/mol. The largest absolute Gasteiger partial charge is 0.465 e. The lowest BCUT2D eigenvalue weighted by atomic mass is 10.1. The summed E-state index contributed by atoms with van der Waals surface area (Å²) in [6, 6.07) is 9.45. The van der Waals surface area contributed by atoms with Crippen LogP contribution in [0.4, 0.5) is 5.69 Å². The number of benzene rings is 1. The summed E-state index contributed by atoms with van der Waals surface area (Å²) in [4.78, 5) is 40.3. The average molecular weight is 355 g/mol. The van der Waals surface area contributed by atoms with E-state index in [0.29, 0.717) is 17.8 Å². The highest BCUT2D eigenvalue weighted by Gasteiger charge is 2.16. The Morgan fingerprint density at radius 1 is 1.12 bits per heavy atom. The first kappa shape index (κ1) is 19.1. The van der Waals surface area contributed by atoms with Crippen molar-refractivity contribution in [3.05, 3.63) is 59.4 Å². The normalized spacial score (nSPS) is 10.1. The fourth-order valence-electron chi connectivity index (χ4n) is 2.24. The minimum absolute atomic E-state index is 0.0767. The molecular formula is C19H21N3O4. The van der Waals surface area contributed by atoms with Gasteiger partial charge in [-0.15, -0.1) is 0 Å². The van der Waals surface area contributed by atoms with Gasteiger partial charge in [-0.2, -0.15) is 0 Å². The maximum Gasteiger partial charge on any atom is 0.339 e. The van der Waals surface area contributed by atoms with Crippen molar-refractivity contribution < 1.29 is 19.1 Å². The van der Waals surface area contributed by atoms with Crippen LogP contribution in [0.15, 0.2) is 42.6 Å². The van der Waals surface area contributed by atoms with Crippen LogP contribution in [0.3, 0.4) is 0 Å². The van der Waals surface area contributed by atoms with Crippen molar-refractivity contribution in [3.63, 3.8) is 0 Å². The molecule has 2 rings (SSSR count). The first-order valence-electron chi connectivity index (χ1n) is 8.29. The molecule has 0 fully saturated rings. The molecule has 0 bridgehead atoms. The molecule has 0 aliphatic carbocycles. The fraction of sp³-hybridized carbons (Fsp3) is 0.263. The van der Waals surface area contributed by atoms with Gasteiger partial charge in [0.15, 0.2) is 0 Å². The number of nitrogens with zero attached hydrogens (tertiary/aromatic N) is 1. The third kappa shape index (κ3) is 4.89. The van der Waals surface area contributed by atoms with Gasteiger partial charge in [0.05, 0.1) is 18.4 Å². The van der Waals surface area contributed by atoms with Gasteiger partial charge in [-0.1, -0.05) is 25.5 Å². The number of anilines is 1. The second-order valence-corrected chi connectivity index (χ2v) is 5.53. The summed E-state index contributed by atoms with van der Waals surface area (Å²) in [6.45, 7) is 2.61. The number of carbonyl (C=O) groups is 3. The molecule has 7 nitrogen and oxygen atoms in total. The van der Waals surface area contributed by atoms with Crippen molar-refractivity contribution in [2.75, 3.05) is 19.0 Å². The van der Waals surface area contributed by atoms with Crippen LogP contribution in [-0.2, 0) is 4.74 Å². The van der Waals surface area contributed by atoms with E-state index >= 15 is 0 Å². The van der Waals surface area contributed by atoms with Crippen LogP contribution in [-0.4, -0.2) is 36.4 Å². The van der Waals surface area contributed by atoms with Crippen LogP contribution in [0.5, 0.6) is 0 Å². The highest BCUT2D eigenvalue weighted by atomic mass is 16.5. The van der Waals surface area contributed by atoms with Gasteiger partial charge in [0.1, 0.15) is 5.69 Å². The molecule has 1 aromatic carbocycles. The minimum Gasteiger partial charge on any atom is -0.465 e. The zero-order valence-electron chi connectivity index (χ0n) is 14.7. The van der Waals surface area contributed by atoms with Crippen LogP contribution in [0.25, 0.3) is 0 Å². The predicted octanol–water partition coefficient (Wildman–Crippen LogP) is 2.65. The highest BCUT2D eigenvalue weighted by Crippen LogP contribution is 2.17. The molecule has 0 atom stereocenters. The van der Waals surface area contributed by atoms with Crippen LogP contribution in [0.2, 0.25) is 0 Å². The highest BCUT2D eigenvalue weighted by molar-refractivity contribution is 6.08. The van der Waals surface area contributed by atoms with Crippen molar-refractivity contribution >= 4 is 23.5 Å². The molecule has 0 unspecified atom stereocenters. The Hall–Kier alpha value is -3.22. The van der Waals surface area contributed by atoms with Gasteiger partial charge in [0.25, 0.3) is 11.8 Å². The molecule has 0 radical (unpaired) electrons. The lowest BCUT2D eigenvalue weighted by molar-refractivity contribution is 0.0601. The molecule has 0 aliphatic rings. The Balaban J connectivity index is 2.15. The summed E-state index contributed by atoms with van der Waals surface area (Å²) in [7, 11) is 1.27. The summed E-state index contributed by atoms with van der Waals surface area (Å²) < 4.78 is 4.70. The third-order valence-corrected chi connectivity index (χ3v) is 3.65. The van der Waals surface area contributed by atoms with Crippen LogP contribution < -0.4 is 10.6 Å². The number of methoxy groups -OCH3 is 1. The lowest BCUT2D eigenvalue weighted by Gasteiger charge is -2.10. The van der Waals surface area contributed by atoms with Crippen molar-refractivity contribution in [2.45, 2.75) is 19.8 Å². The number of unbranched alkanes of at least 4 members (excludes halogenated alkanes) is 1. The monoisotopic (exact) mass is 355 g/mol. The SMILES string of the molecule is CCCCNC(=O)c1ccnc(C(=O)Nc2ccccc2C(=O)OC)c1. The topological polar surface area (TPSA) is 97.4 Å². The number of hydrogen-bond acceptors (Lipinski definition) is 5. The molecule has 2 aromatic rings. The molecule has 0 spiro atoms. The third-order valence-electron chi connectivity index (χ3n) is 3.65. The second-order valence-electron chi connectivity index (χ2n) is 5.53. The molecule has 0 saturated heterocycles. The zero-order valence-corrected chi connectivity index (χ0v) is 14.7. The average Bonchev–Trinajstić information content (AvgIpc) is 2.68. The first-order chi connectivity index (χ1) is 12.6. The number of para-hydroxylation sites is 1. The van der Waals surface area contributed by atoms with E-state index in [1.54, 1.807) is 30.3 Å². The molecule has 7 heteroatoms. The van der Waals surface area contributed by atoms with E-state index in [1.807, 2.05) is 6.92 Å². The van der Waals surface area contributed by atoms with Gasteiger partial charge in [0, 0.05) is 18.3 Å². The number of carbonyl (C=O) groups excluding carboxylic acids is 3.